The van der Waals surface area contributed by atoms with Crippen LogP contribution in [-0.2, 0) is 68.3 Å². The number of rotatable bonds is 24. The van der Waals surface area contributed by atoms with Gasteiger partial charge in [0.1, 0.15) is 0 Å². The zero-order valence-electron chi connectivity index (χ0n) is 70.6. The Kier molecular flexibility index (Phi) is 62.3. The van der Waals surface area contributed by atoms with E-state index in [1.54, 1.807) is 0 Å². The van der Waals surface area contributed by atoms with E-state index in [0.29, 0.717) is 0 Å². The molecule has 0 heterocycles. The van der Waals surface area contributed by atoms with Crippen LogP contribution in [0, 0.1) is 54.7 Å². The van der Waals surface area contributed by atoms with E-state index in [-0.39, 0.29) is 151 Å². The Labute approximate surface area is 879 Å². The number of benzene rings is 14. The van der Waals surface area contributed by atoms with Gasteiger partial charge in [0, 0.05) is 23.6 Å². The quantitative estimate of drug-likeness (QED) is 0.0142. The molecule has 0 radical (unpaired) electrons. The third-order valence-electron chi connectivity index (χ3n) is 18.5. The maximum atomic E-state index is 9.87. The molecule has 0 aliphatic heterocycles. The smallest absolute Gasteiger partial charge is 1.00 e. The van der Waals surface area contributed by atoms with Gasteiger partial charge in [-0.05, 0) is 171 Å². The van der Waals surface area contributed by atoms with Crippen molar-refractivity contribution in [2.75, 3.05) is 46.1 Å². The number of hydrogen-bond donors (Lipinski definition) is 0. The molecule has 4 atom stereocenters. The van der Waals surface area contributed by atoms with Gasteiger partial charge in [0.05, 0.1) is 23.8 Å². The molecule has 0 saturated heterocycles. The van der Waals surface area contributed by atoms with Crippen LogP contribution in [0.4, 0.5) is 36.6 Å². The van der Waals surface area contributed by atoms with E-state index in [2.05, 4.69) is 374 Å². The molecular formula is C100H98Cl4Cu4F6I3N2P9. The first-order valence-electron chi connectivity index (χ1n) is 38.7. The minimum atomic E-state index is -10.7. The first-order valence-corrected chi connectivity index (χ1v) is 55.8. The van der Waals surface area contributed by atoms with Crippen LogP contribution in [0.5, 0.6) is 0 Å². The van der Waals surface area contributed by atoms with Crippen LogP contribution in [0.2, 0.25) is 0 Å². The molecule has 0 fully saturated rings. The third-order valence-corrected chi connectivity index (χ3v) is 45.4. The Balaban J connectivity index is 0.000000895. The Morgan fingerprint density at radius 1 is 0.227 bits per heavy atom. The fourth-order valence-corrected chi connectivity index (χ4v) is 45.0. The van der Waals surface area contributed by atoms with Crippen molar-refractivity contribution in [3.63, 3.8) is 0 Å². The maximum Gasteiger partial charge on any atom is 1.00 e. The van der Waals surface area contributed by atoms with E-state index in [1.165, 1.54) is 110 Å². The van der Waals surface area contributed by atoms with Crippen molar-refractivity contribution in [3.8, 4) is 0 Å². The second kappa shape index (κ2) is 64.9. The van der Waals surface area contributed by atoms with Gasteiger partial charge >= 0.3 is 101 Å². The Hall–Kier alpha value is -3.06. The zero-order valence-corrected chi connectivity index (χ0v) is 92.0. The summed E-state index contributed by atoms with van der Waals surface area (Å²) in [5.74, 6) is 7.34. The Morgan fingerprint density at radius 3 is 0.445 bits per heavy atom. The normalized spacial score (nSPS) is 11.7. The average Bonchev–Trinajstić information content (AvgIpc) is 0.786. The van der Waals surface area contributed by atoms with Gasteiger partial charge in [-0.1, -0.05) is 431 Å². The summed E-state index contributed by atoms with van der Waals surface area (Å²) in [6, 6.07) is 144. The number of aryl methyl sites for hydroxylation is 6. The molecule has 0 aliphatic carbocycles. The monoisotopic (exact) mass is 2490 g/mol. The van der Waals surface area contributed by atoms with Crippen molar-refractivity contribution >= 4 is 193 Å². The van der Waals surface area contributed by atoms with E-state index < -0.39 is 71.2 Å². The summed E-state index contributed by atoms with van der Waals surface area (Å²) in [6.07, 6.45) is 0. The number of alkyl halides is 4. The number of hydrogen-bond acceptors (Lipinski definition) is 0. The van der Waals surface area contributed by atoms with Gasteiger partial charge in [0.25, 0.3) is 0 Å². The predicted molar refractivity (Wildman–Crippen MR) is 538 cm³/mol. The van der Waals surface area contributed by atoms with E-state index >= 15 is 0 Å². The van der Waals surface area contributed by atoms with Gasteiger partial charge in [-0.25, -0.2) is 9.69 Å². The molecule has 0 aliphatic rings. The molecule has 0 bridgehead atoms. The van der Waals surface area contributed by atoms with Crippen molar-refractivity contribution in [2.24, 2.45) is 0 Å². The van der Waals surface area contributed by atoms with Crippen molar-refractivity contribution < 1.29 is 165 Å². The van der Waals surface area contributed by atoms with Crippen molar-refractivity contribution in [1.29, 1.82) is 0 Å². The summed E-state index contributed by atoms with van der Waals surface area (Å²) in [6.45, 7) is 25.9. The van der Waals surface area contributed by atoms with Crippen molar-refractivity contribution in [3.05, 3.63) is 444 Å². The summed E-state index contributed by atoms with van der Waals surface area (Å²) in [4.78, 5) is 6.92. The summed E-state index contributed by atoms with van der Waals surface area (Å²) in [7, 11) is -14.2. The van der Waals surface area contributed by atoms with E-state index in [9.17, 15) is 25.2 Å². The molecule has 0 aromatic heterocycles. The van der Waals surface area contributed by atoms with Gasteiger partial charge in [0.15, 0.2) is 11.4 Å². The number of halogens is 13. The molecule has 0 saturated carbocycles. The standard InChI is InChI=1S/2C39H36P4.2C10H11N.2CH2Cl2.4Cu.F6P.3HI/c2*1-7-19-34(20-8-1)40(32-42(36-23-11-3-12-24-36)37-25-13-4-14-26-37)31-41(35-21-9-2-10-22-35)33-43(38-27-15-5-16-28-38)39-29-17-6-18-30-39;2*1-7-5-8(2)10(11-4)9(3)6-7;2*2-1-3;;;;;1-7(2,3,4,5)6;;;/h2*1-30H,31-33H2;2*5-6H,1-3H3;2*1H2;;;;;;3*1H/q;;;;;;4*+1;-1;;;/p-3/t2*40-,41+;;;;;;;;;;;;. The van der Waals surface area contributed by atoms with Crippen molar-refractivity contribution in [1.82, 2.24) is 0 Å². The molecule has 14 rings (SSSR count). The molecular weight excluding hydrogens is 2400 g/mol. The molecule has 14 aromatic carbocycles. The van der Waals surface area contributed by atoms with Gasteiger partial charge in [-0.15, -0.1) is 46.4 Å². The zero-order chi connectivity index (χ0) is 86.9. The van der Waals surface area contributed by atoms with Gasteiger partial charge in [-0.3, -0.25) is 0 Å². The molecule has 28 heteroatoms. The molecule has 0 spiro atoms. The summed E-state index contributed by atoms with van der Waals surface area (Å²) >= 11 is 19.1. The topological polar surface area (TPSA) is 8.72 Å². The van der Waals surface area contributed by atoms with Crippen LogP contribution in [0.3, 0.4) is 0 Å². The maximum absolute atomic E-state index is 10.7. The fraction of sp³-hybridized carbons (Fsp3) is 0.140. The predicted octanol–water partition coefficient (Wildman–Crippen LogP) is 21.0. The fourth-order valence-electron chi connectivity index (χ4n) is 13.3. The van der Waals surface area contributed by atoms with E-state index in [4.69, 9.17) is 59.5 Å². The molecule has 2 nitrogen and oxygen atoms in total. The van der Waals surface area contributed by atoms with Gasteiger partial charge in [0.2, 0.25) is 0 Å². The van der Waals surface area contributed by atoms with Crippen LogP contribution in [0.25, 0.3) is 9.69 Å². The van der Waals surface area contributed by atoms with Crippen LogP contribution >= 0.6 is 118 Å². The molecule has 14 aromatic rings. The van der Waals surface area contributed by atoms with Crippen molar-refractivity contribution in [2.45, 2.75) is 41.5 Å². The SMILES string of the molecule is ClCCl.ClCCl.F[P-](F)(F)(F)(F)F.[C-]#[N+]c1c(C)cc(C)cc1C.[C-]#[N+]c1c(C)cc(C)cc1C.[Cu+].[Cu+].[Cu+].[Cu+].[I-].[I-].[I-].c1ccc(P(C[P@](C[P@](CP(c2ccccc2)c2ccccc2)c2ccccc2)c2ccccc2)c2ccccc2)cc1.c1ccc(P(C[P@](C[P@](CP(c2ccccc2)c2ccccc2)c2ccccc2)c2ccccc2)c2ccccc2)cc1. The van der Waals surface area contributed by atoms with Gasteiger partial charge < -0.3 is 71.9 Å². The van der Waals surface area contributed by atoms with E-state index in [0.717, 1.165) is 33.6 Å². The van der Waals surface area contributed by atoms with E-state index in [1.807, 2.05) is 65.8 Å². The Bertz CT molecular complexity index is 4630. The molecule has 0 N–H and O–H groups in total. The summed E-state index contributed by atoms with van der Waals surface area (Å²) in [5.41, 5.74) is 8.39. The van der Waals surface area contributed by atoms with Crippen LogP contribution < -0.4 is 136 Å². The third kappa shape index (κ3) is 45.3. The Morgan fingerprint density at radius 2 is 0.336 bits per heavy atom. The largest absolute Gasteiger partial charge is 1.00 e. The van der Waals surface area contributed by atoms with Crippen LogP contribution in [0.1, 0.15) is 33.4 Å². The van der Waals surface area contributed by atoms with Gasteiger partial charge in [-0.2, -0.15) is 0 Å². The molecule has 128 heavy (non-hydrogen) atoms. The second-order valence-corrected chi connectivity index (χ2v) is 51.9. The van der Waals surface area contributed by atoms with Crippen LogP contribution in [0.15, 0.2) is 388 Å². The minimum Gasteiger partial charge on any atom is -1.00 e. The molecule has 0 amide bonds. The number of nitrogens with zero attached hydrogens (tertiary/aromatic N) is 2. The molecule has 688 valence electrons. The van der Waals surface area contributed by atoms with Crippen LogP contribution in [-0.4, -0.2) is 46.1 Å². The summed E-state index contributed by atoms with van der Waals surface area (Å²) < 4.78 is 59.2. The first-order chi connectivity index (χ1) is 58.3. The minimum absolute atomic E-state index is 0. The molecule has 0 unspecified atom stereocenters. The second-order valence-electron chi connectivity index (χ2n) is 27.6. The first kappa shape index (κ1) is 123. The summed E-state index contributed by atoms with van der Waals surface area (Å²) in [5, 5.41) is 18.3. The average molecular weight is 2500 g/mol.